The predicted molar refractivity (Wildman–Crippen MR) is 99.6 cm³/mol. The van der Waals surface area contributed by atoms with Gasteiger partial charge in [-0.05, 0) is 30.7 Å². The average Bonchev–Trinajstić information content (AvgIpc) is 2.62. The fourth-order valence-electron chi connectivity index (χ4n) is 2.63. The summed E-state index contributed by atoms with van der Waals surface area (Å²) in [4.78, 5) is 47.9. The molecule has 0 spiro atoms. The van der Waals surface area contributed by atoms with Gasteiger partial charge >= 0.3 is 0 Å². The lowest BCUT2D eigenvalue weighted by Gasteiger charge is -2.23. The number of hydrogen-bond donors (Lipinski definition) is 2. The van der Waals surface area contributed by atoms with E-state index >= 15 is 0 Å². The number of nitro groups is 1. The SMILES string of the molecule is Cc1ccc(C(=O)NC(=O)CC2Sc3ccccc3NC2=O)c([N+](=O)[O-])c1. The van der Waals surface area contributed by atoms with Gasteiger partial charge in [-0.3, -0.25) is 29.8 Å². The van der Waals surface area contributed by atoms with Crippen molar-refractivity contribution in [3.63, 3.8) is 0 Å². The van der Waals surface area contributed by atoms with E-state index in [0.29, 0.717) is 11.3 Å². The van der Waals surface area contributed by atoms with Gasteiger partial charge in [0.25, 0.3) is 11.6 Å². The molecule has 0 radical (unpaired) electrons. The molecule has 138 valence electrons. The predicted octanol–water partition coefficient (Wildman–Crippen LogP) is 2.66. The van der Waals surface area contributed by atoms with Crippen molar-refractivity contribution in [2.24, 2.45) is 0 Å². The van der Waals surface area contributed by atoms with Crippen LogP contribution in [0.3, 0.4) is 0 Å². The molecule has 1 aliphatic heterocycles. The minimum atomic E-state index is -0.867. The number of nitro benzene ring substituents is 1. The third-order valence-corrected chi connectivity index (χ3v) is 5.20. The molecule has 1 unspecified atom stereocenters. The molecule has 2 N–H and O–H groups in total. The monoisotopic (exact) mass is 385 g/mol. The van der Waals surface area contributed by atoms with E-state index in [1.54, 1.807) is 25.1 Å². The van der Waals surface area contributed by atoms with Gasteiger partial charge in [0.05, 0.1) is 15.9 Å². The van der Waals surface area contributed by atoms with Crippen LogP contribution in [0.4, 0.5) is 11.4 Å². The normalized spacial score (nSPS) is 15.4. The van der Waals surface area contributed by atoms with E-state index < -0.39 is 22.0 Å². The molecule has 2 aromatic rings. The molecule has 2 aromatic carbocycles. The number of nitrogens with zero attached hydrogens (tertiary/aromatic N) is 1. The molecule has 3 amide bonds. The number of benzene rings is 2. The van der Waals surface area contributed by atoms with Gasteiger partial charge in [0.1, 0.15) is 5.56 Å². The highest BCUT2D eigenvalue weighted by molar-refractivity contribution is 8.01. The van der Waals surface area contributed by atoms with Crippen LogP contribution in [0, 0.1) is 17.0 Å². The van der Waals surface area contributed by atoms with Crippen LogP contribution in [-0.2, 0) is 9.59 Å². The van der Waals surface area contributed by atoms with Crippen LogP contribution < -0.4 is 10.6 Å². The number of carbonyl (C=O) groups is 3. The maximum absolute atomic E-state index is 12.3. The second-order valence-corrected chi connectivity index (χ2v) is 7.20. The number of imide groups is 1. The van der Waals surface area contributed by atoms with Gasteiger partial charge in [-0.2, -0.15) is 0 Å². The lowest BCUT2D eigenvalue weighted by Crippen LogP contribution is -2.37. The van der Waals surface area contributed by atoms with Crippen molar-refractivity contribution in [1.82, 2.24) is 5.32 Å². The van der Waals surface area contributed by atoms with E-state index in [4.69, 9.17) is 0 Å². The number of hydrogen-bond acceptors (Lipinski definition) is 6. The first-order valence-corrected chi connectivity index (χ1v) is 8.89. The Kier molecular flexibility index (Phi) is 5.22. The van der Waals surface area contributed by atoms with E-state index in [0.717, 1.165) is 4.90 Å². The highest BCUT2D eigenvalue weighted by atomic mass is 32.2. The van der Waals surface area contributed by atoms with Crippen LogP contribution in [0.25, 0.3) is 0 Å². The number of fused-ring (bicyclic) bond motifs is 1. The first-order valence-electron chi connectivity index (χ1n) is 8.01. The van der Waals surface area contributed by atoms with Gasteiger partial charge in [-0.25, -0.2) is 0 Å². The second kappa shape index (κ2) is 7.58. The number of rotatable bonds is 4. The fourth-order valence-corrected chi connectivity index (χ4v) is 3.74. The molecule has 8 nitrogen and oxygen atoms in total. The van der Waals surface area contributed by atoms with Crippen molar-refractivity contribution in [2.45, 2.75) is 23.5 Å². The smallest absolute Gasteiger partial charge is 0.282 e. The Labute approximate surface area is 158 Å². The Hall–Kier alpha value is -3.20. The Bertz CT molecular complexity index is 960. The summed E-state index contributed by atoms with van der Waals surface area (Å²) in [5.74, 6) is -1.88. The largest absolute Gasteiger partial charge is 0.324 e. The zero-order chi connectivity index (χ0) is 19.6. The first kappa shape index (κ1) is 18.6. The average molecular weight is 385 g/mol. The van der Waals surface area contributed by atoms with Crippen molar-refractivity contribution in [3.8, 4) is 0 Å². The summed E-state index contributed by atoms with van der Waals surface area (Å²) in [6, 6.07) is 11.3. The van der Waals surface area contributed by atoms with Crippen molar-refractivity contribution < 1.29 is 19.3 Å². The van der Waals surface area contributed by atoms with Crippen LogP contribution in [0.2, 0.25) is 0 Å². The standard InChI is InChI=1S/C18H15N3O5S/c1-10-6-7-11(13(8-10)21(25)26)17(23)20-16(22)9-15-18(24)19-12-4-2-3-5-14(12)27-15/h2-8,15H,9H2,1H3,(H,19,24)(H,20,22,23). The Morgan fingerprint density at radius 3 is 2.74 bits per heavy atom. The molecule has 0 saturated heterocycles. The van der Waals surface area contributed by atoms with Gasteiger partial charge < -0.3 is 5.32 Å². The molecule has 0 aliphatic carbocycles. The van der Waals surface area contributed by atoms with Crippen molar-refractivity contribution in [3.05, 3.63) is 63.7 Å². The van der Waals surface area contributed by atoms with Crippen LogP contribution in [0.15, 0.2) is 47.4 Å². The quantitative estimate of drug-likeness (QED) is 0.617. The molecule has 9 heteroatoms. The van der Waals surface area contributed by atoms with Crippen LogP contribution in [-0.4, -0.2) is 27.9 Å². The lowest BCUT2D eigenvalue weighted by molar-refractivity contribution is -0.385. The molecule has 3 rings (SSSR count). The molecule has 0 saturated carbocycles. The number of anilines is 1. The van der Waals surface area contributed by atoms with Gasteiger partial charge in [0, 0.05) is 17.4 Å². The first-order chi connectivity index (χ1) is 12.8. The van der Waals surface area contributed by atoms with E-state index in [9.17, 15) is 24.5 Å². The molecule has 27 heavy (non-hydrogen) atoms. The molecule has 0 fully saturated rings. The fraction of sp³-hybridized carbons (Fsp3) is 0.167. The summed E-state index contributed by atoms with van der Waals surface area (Å²) in [7, 11) is 0. The maximum Gasteiger partial charge on any atom is 0.282 e. The Balaban J connectivity index is 1.69. The molecular weight excluding hydrogens is 370 g/mol. The van der Waals surface area contributed by atoms with Crippen molar-refractivity contribution >= 4 is 40.9 Å². The van der Waals surface area contributed by atoms with E-state index in [-0.39, 0.29) is 23.6 Å². The third kappa shape index (κ3) is 4.14. The second-order valence-electron chi connectivity index (χ2n) is 5.95. The van der Waals surface area contributed by atoms with Gasteiger partial charge in [-0.1, -0.05) is 18.2 Å². The van der Waals surface area contributed by atoms with Crippen LogP contribution in [0.5, 0.6) is 0 Å². The zero-order valence-corrected chi connectivity index (χ0v) is 15.0. The number of carbonyl (C=O) groups excluding carboxylic acids is 3. The topological polar surface area (TPSA) is 118 Å². The Morgan fingerprint density at radius 1 is 1.26 bits per heavy atom. The zero-order valence-electron chi connectivity index (χ0n) is 14.2. The van der Waals surface area contributed by atoms with E-state index in [2.05, 4.69) is 10.6 Å². The van der Waals surface area contributed by atoms with Gasteiger partial charge in [0.2, 0.25) is 11.8 Å². The number of para-hydroxylation sites is 1. The number of thioether (sulfide) groups is 1. The summed E-state index contributed by atoms with van der Waals surface area (Å²) in [5, 5.41) is 15.3. The number of aryl methyl sites for hydroxylation is 1. The van der Waals surface area contributed by atoms with Crippen molar-refractivity contribution in [2.75, 3.05) is 5.32 Å². The lowest BCUT2D eigenvalue weighted by atomic mass is 10.1. The van der Waals surface area contributed by atoms with E-state index in [1.165, 1.54) is 23.9 Å². The molecule has 1 atom stereocenters. The van der Waals surface area contributed by atoms with Gasteiger partial charge in [-0.15, -0.1) is 11.8 Å². The molecular formula is C18H15N3O5S. The van der Waals surface area contributed by atoms with E-state index in [1.807, 2.05) is 12.1 Å². The highest BCUT2D eigenvalue weighted by Crippen LogP contribution is 2.36. The summed E-state index contributed by atoms with van der Waals surface area (Å²) < 4.78 is 0. The van der Waals surface area contributed by atoms with Crippen LogP contribution >= 0.6 is 11.8 Å². The van der Waals surface area contributed by atoms with Gasteiger partial charge in [0.15, 0.2) is 0 Å². The molecule has 1 aliphatic rings. The summed E-state index contributed by atoms with van der Waals surface area (Å²) in [5.41, 5.74) is 0.720. The summed E-state index contributed by atoms with van der Waals surface area (Å²) in [6.07, 6.45) is -0.226. The third-order valence-electron chi connectivity index (χ3n) is 3.92. The highest BCUT2D eigenvalue weighted by Gasteiger charge is 2.30. The minimum absolute atomic E-state index is 0.204. The maximum atomic E-state index is 12.3. The minimum Gasteiger partial charge on any atom is -0.324 e. The molecule has 1 heterocycles. The van der Waals surface area contributed by atoms with Crippen molar-refractivity contribution in [1.29, 1.82) is 0 Å². The summed E-state index contributed by atoms with van der Waals surface area (Å²) >= 11 is 1.23. The molecule has 0 aromatic heterocycles. The molecule has 0 bridgehead atoms. The number of nitrogens with one attached hydrogen (secondary N) is 2. The number of amides is 3. The summed E-state index contributed by atoms with van der Waals surface area (Å²) in [6.45, 7) is 1.66. The Morgan fingerprint density at radius 2 is 2.00 bits per heavy atom. The van der Waals surface area contributed by atoms with Crippen LogP contribution in [0.1, 0.15) is 22.3 Å².